The Labute approximate surface area is 216 Å². The number of benzene rings is 2. The third-order valence-corrected chi connectivity index (χ3v) is 6.88. The zero-order valence-electron chi connectivity index (χ0n) is 19.9. The van der Waals surface area contributed by atoms with Crippen LogP contribution in [0.3, 0.4) is 0 Å². The highest BCUT2D eigenvalue weighted by molar-refractivity contribution is 7.17. The molecule has 1 unspecified atom stereocenters. The zero-order chi connectivity index (χ0) is 26.1. The van der Waals surface area contributed by atoms with Crippen molar-refractivity contribution in [3.63, 3.8) is 0 Å². The molecular weight excluding hydrogens is 504 g/mol. The Kier molecular flexibility index (Phi) is 7.14. The molecule has 8 nitrogen and oxygen atoms in total. The van der Waals surface area contributed by atoms with E-state index in [9.17, 15) is 19.5 Å². The third-order valence-electron chi connectivity index (χ3n) is 5.49. The van der Waals surface area contributed by atoms with Gasteiger partial charge < -0.3 is 14.6 Å². The van der Waals surface area contributed by atoms with E-state index in [4.69, 9.17) is 21.1 Å². The predicted octanol–water partition coefficient (Wildman–Crippen LogP) is 5.31. The normalized spacial score (nSPS) is 17.1. The fourth-order valence-electron chi connectivity index (χ4n) is 3.88. The van der Waals surface area contributed by atoms with Crippen molar-refractivity contribution in [1.29, 1.82) is 0 Å². The molecule has 1 atom stereocenters. The molecule has 1 saturated heterocycles. The number of Topliss-reactive ketones (excluding diaryl/α,β-unsaturated/α-hetero) is 1. The van der Waals surface area contributed by atoms with Crippen LogP contribution in [-0.4, -0.2) is 41.0 Å². The van der Waals surface area contributed by atoms with Crippen molar-refractivity contribution in [2.75, 3.05) is 12.0 Å². The van der Waals surface area contributed by atoms with Crippen LogP contribution < -0.4 is 9.64 Å². The van der Waals surface area contributed by atoms with Crippen molar-refractivity contribution in [3.05, 3.63) is 80.8 Å². The molecule has 10 heteroatoms. The first-order valence-electron chi connectivity index (χ1n) is 11.0. The summed E-state index contributed by atoms with van der Waals surface area (Å²) in [5.74, 6) is -2.08. The average molecular weight is 527 g/mol. The maximum absolute atomic E-state index is 13.3. The average Bonchev–Trinajstić information content (AvgIpc) is 3.35. The van der Waals surface area contributed by atoms with E-state index in [0.29, 0.717) is 27.6 Å². The van der Waals surface area contributed by atoms with Crippen molar-refractivity contribution in [2.24, 2.45) is 0 Å². The van der Waals surface area contributed by atoms with E-state index in [1.807, 2.05) is 13.8 Å². The maximum Gasteiger partial charge on any atom is 0.350 e. The lowest BCUT2D eigenvalue weighted by Crippen LogP contribution is -2.29. The molecule has 4 rings (SSSR count). The molecule has 1 N–H and O–H groups in total. The number of anilines is 1. The number of rotatable bonds is 6. The molecule has 36 heavy (non-hydrogen) atoms. The van der Waals surface area contributed by atoms with Crippen LogP contribution in [0.4, 0.5) is 5.13 Å². The number of halogens is 1. The van der Waals surface area contributed by atoms with Crippen LogP contribution in [-0.2, 0) is 14.3 Å². The SMILES string of the molecule is COC(=O)c1sc(N2C(=O)C(=O)/C(=C(/O)c3ccc(OC(C)C)cc3)C2c2ccc(Cl)cc2)nc1C. The van der Waals surface area contributed by atoms with Gasteiger partial charge >= 0.3 is 11.9 Å². The standard InChI is InChI=1S/C26H23ClN2O6S/c1-13(2)35-18-11-7-16(8-12-18)21(30)19-20(15-5-9-17(27)10-6-15)29(24(32)22(19)31)26-28-14(3)23(36-26)25(33)34-4/h5-13,20,30H,1-4H3/b21-19+. The van der Waals surface area contributed by atoms with Crippen LogP contribution in [0.25, 0.3) is 5.76 Å². The summed E-state index contributed by atoms with van der Waals surface area (Å²) in [4.78, 5) is 44.5. The van der Waals surface area contributed by atoms with E-state index < -0.39 is 23.7 Å². The van der Waals surface area contributed by atoms with E-state index in [0.717, 1.165) is 11.3 Å². The molecule has 0 saturated carbocycles. The Morgan fingerprint density at radius 3 is 2.33 bits per heavy atom. The van der Waals surface area contributed by atoms with Crippen LogP contribution in [0.2, 0.25) is 5.02 Å². The minimum Gasteiger partial charge on any atom is -0.507 e. The summed E-state index contributed by atoms with van der Waals surface area (Å²) in [5, 5.41) is 11.8. The third kappa shape index (κ3) is 4.72. The van der Waals surface area contributed by atoms with Crippen LogP contribution in [0.1, 0.15) is 46.4 Å². The number of aryl methyl sites for hydroxylation is 1. The fourth-order valence-corrected chi connectivity index (χ4v) is 5.01. The van der Waals surface area contributed by atoms with Gasteiger partial charge in [-0.15, -0.1) is 0 Å². The summed E-state index contributed by atoms with van der Waals surface area (Å²) in [6.07, 6.45) is -0.0312. The number of hydrogen-bond donors (Lipinski definition) is 1. The highest BCUT2D eigenvalue weighted by atomic mass is 35.5. The van der Waals surface area contributed by atoms with E-state index >= 15 is 0 Å². The molecule has 0 radical (unpaired) electrons. The Morgan fingerprint density at radius 2 is 1.75 bits per heavy atom. The zero-order valence-corrected chi connectivity index (χ0v) is 21.5. The molecule has 1 aromatic heterocycles. The first-order chi connectivity index (χ1) is 17.1. The second kappa shape index (κ2) is 10.1. The molecule has 1 aliphatic rings. The summed E-state index contributed by atoms with van der Waals surface area (Å²) < 4.78 is 10.5. The molecule has 1 aliphatic heterocycles. The van der Waals surface area contributed by atoms with Gasteiger partial charge in [-0.1, -0.05) is 35.1 Å². The van der Waals surface area contributed by atoms with Crippen molar-refractivity contribution in [3.8, 4) is 5.75 Å². The number of ether oxygens (including phenoxy) is 2. The number of thiazole rings is 1. The Balaban J connectivity index is 1.87. The number of carbonyl (C=O) groups is 3. The lowest BCUT2D eigenvalue weighted by atomic mass is 9.95. The van der Waals surface area contributed by atoms with Gasteiger partial charge in [0.1, 0.15) is 16.4 Å². The number of aliphatic hydroxyl groups excluding tert-OH is 1. The van der Waals surface area contributed by atoms with Crippen LogP contribution >= 0.6 is 22.9 Å². The van der Waals surface area contributed by atoms with Gasteiger partial charge in [-0.3, -0.25) is 14.5 Å². The quantitative estimate of drug-likeness (QED) is 0.201. The lowest BCUT2D eigenvalue weighted by Gasteiger charge is -2.23. The molecule has 0 spiro atoms. The number of nitrogens with zero attached hydrogens (tertiary/aromatic N) is 2. The maximum atomic E-state index is 13.3. The smallest absolute Gasteiger partial charge is 0.350 e. The van der Waals surface area contributed by atoms with Gasteiger partial charge in [0.05, 0.1) is 30.5 Å². The largest absolute Gasteiger partial charge is 0.507 e. The number of methoxy groups -OCH3 is 1. The van der Waals surface area contributed by atoms with Crippen molar-refractivity contribution < 1.29 is 29.0 Å². The van der Waals surface area contributed by atoms with Gasteiger partial charge in [0.2, 0.25) is 0 Å². The number of hydrogen-bond acceptors (Lipinski definition) is 8. The Morgan fingerprint density at radius 1 is 1.11 bits per heavy atom. The lowest BCUT2D eigenvalue weighted by molar-refractivity contribution is -0.132. The van der Waals surface area contributed by atoms with Gasteiger partial charge in [-0.2, -0.15) is 0 Å². The molecule has 0 aliphatic carbocycles. The number of carbonyl (C=O) groups excluding carboxylic acids is 3. The number of esters is 1. The molecule has 0 bridgehead atoms. The topological polar surface area (TPSA) is 106 Å². The monoisotopic (exact) mass is 526 g/mol. The van der Waals surface area contributed by atoms with Crippen LogP contribution in [0.15, 0.2) is 54.1 Å². The Hall–Kier alpha value is -3.69. The van der Waals surface area contributed by atoms with Gasteiger partial charge in [0.15, 0.2) is 5.13 Å². The van der Waals surface area contributed by atoms with Crippen molar-refractivity contribution in [1.82, 2.24) is 4.98 Å². The van der Waals surface area contributed by atoms with E-state index in [1.54, 1.807) is 55.5 Å². The summed E-state index contributed by atoms with van der Waals surface area (Å²) in [6, 6.07) is 12.2. The molecule has 3 aromatic rings. The molecule has 2 heterocycles. The van der Waals surface area contributed by atoms with Gasteiger partial charge in [-0.25, -0.2) is 9.78 Å². The van der Waals surface area contributed by atoms with Crippen molar-refractivity contribution in [2.45, 2.75) is 32.9 Å². The first-order valence-corrected chi connectivity index (χ1v) is 12.2. The summed E-state index contributed by atoms with van der Waals surface area (Å²) >= 11 is 7.00. The Bertz CT molecular complexity index is 1360. The second-order valence-electron chi connectivity index (χ2n) is 8.31. The highest BCUT2D eigenvalue weighted by Crippen LogP contribution is 2.44. The van der Waals surface area contributed by atoms with E-state index in [2.05, 4.69) is 4.98 Å². The second-order valence-corrected chi connectivity index (χ2v) is 9.73. The molecule has 1 amide bonds. The van der Waals surface area contributed by atoms with Gasteiger partial charge in [0.25, 0.3) is 5.78 Å². The minimum atomic E-state index is -0.995. The highest BCUT2D eigenvalue weighted by Gasteiger charge is 2.48. The predicted molar refractivity (Wildman–Crippen MR) is 137 cm³/mol. The van der Waals surface area contributed by atoms with E-state index in [-0.39, 0.29) is 27.4 Å². The van der Waals surface area contributed by atoms with Crippen LogP contribution in [0, 0.1) is 6.92 Å². The first kappa shape index (κ1) is 25.4. The van der Waals surface area contributed by atoms with Crippen molar-refractivity contribution >= 4 is 51.5 Å². The summed E-state index contributed by atoms with van der Waals surface area (Å²) in [7, 11) is 1.25. The number of aliphatic hydroxyl groups is 1. The molecular formula is C26H23ClN2O6S. The molecule has 186 valence electrons. The molecule has 1 fully saturated rings. The van der Waals surface area contributed by atoms with Crippen LogP contribution in [0.5, 0.6) is 5.75 Å². The van der Waals surface area contributed by atoms with Gasteiger partial charge in [-0.05, 0) is 62.7 Å². The van der Waals surface area contributed by atoms with Gasteiger partial charge in [0, 0.05) is 10.6 Å². The number of ketones is 1. The number of amides is 1. The molecule has 2 aromatic carbocycles. The summed E-state index contributed by atoms with van der Waals surface area (Å²) in [6.45, 7) is 5.40. The number of aromatic nitrogens is 1. The van der Waals surface area contributed by atoms with E-state index in [1.165, 1.54) is 12.0 Å². The fraction of sp³-hybridized carbons (Fsp3) is 0.231. The minimum absolute atomic E-state index is 0.0312. The summed E-state index contributed by atoms with van der Waals surface area (Å²) in [5.41, 5.74) is 1.13.